The summed E-state index contributed by atoms with van der Waals surface area (Å²) in [6, 6.07) is 1.62. The maximum Gasteiger partial charge on any atom is 0.183 e. The highest BCUT2D eigenvalue weighted by Gasteiger charge is 2.04. The van der Waals surface area contributed by atoms with Gasteiger partial charge in [-0.05, 0) is 6.07 Å². The second-order valence-electron chi connectivity index (χ2n) is 2.58. The lowest BCUT2D eigenvalue weighted by Crippen LogP contribution is -1.94. The van der Waals surface area contributed by atoms with Gasteiger partial charge in [-0.15, -0.1) is 5.10 Å². The summed E-state index contributed by atoms with van der Waals surface area (Å²) in [6.45, 7) is 0. The van der Waals surface area contributed by atoms with Crippen molar-refractivity contribution in [3.05, 3.63) is 18.5 Å². The first-order valence-electron chi connectivity index (χ1n) is 3.71. The molecular formula is C7H8N6. The van der Waals surface area contributed by atoms with E-state index < -0.39 is 0 Å². The molecule has 0 aliphatic heterocycles. The molecule has 0 aromatic carbocycles. The SMILES string of the molecule is Cn1cc(-c2nccc(N)n2)nn1. The molecule has 2 aromatic heterocycles. The average molecular weight is 176 g/mol. The highest BCUT2D eigenvalue weighted by atomic mass is 15.4. The number of aromatic nitrogens is 5. The van der Waals surface area contributed by atoms with Crippen molar-refractivity contribution >= 4 is 5.82 Å². The van der Waals surface area contributed by atoms with Crippen LogP contribution in [0.1, 0.15) is 0 Å². The first-order valence-corrected chi connectivity index (χ1v) is 3.71. The topological polar surface area (TPSA) is 82.5 Å². The van der Waals surface area contributed by atoms with E-state index in [0.717, 1.165) is 0 Å². The Balaban J connectivity index is 2.46. The van der Waals surface area contributed by atoms with Crippen LogP contribution in [0.5, 0.6) is 0 Å². The minimum Gasteiger partial charge on any atom is -0.384 e. The van der Waals surface area contributed by atoms with Gasteiger partial charge >= 0.3 is 0 Å². The van der Waals surface area contributed by atoms with Crippen molar-refractivity contribution in [3.63, 3.8) is 0 Å². The van der Waals surface area contributed by atoms with Crippen molar-refractivity contribution in [1.29, 1.82) is 0 Å². The predicted octanol–water partition coefficient (Wildman–Crippen LogP) is -0.146. The Kier molecular flexibility index (Phi) is 1.66. The zero-order valence-electron chi connectivity index (χ0n) is 7.05. The van der Waals surface area contributed by atoms with Crippen molar-refractivity contribution in [2.45, 2.75) is 0 Å². The van der Waals surface area contributed by atoms with Crippen LogP contribution in [0.2, 0.25) is 0 Å². The third-order valence-electron chi connectivity index (χ3n) is 1.51. The fourth-order valence-electron chi connectivity index (χ4n) is 0.946. The van der Waals surface area contributed by atoms with Crippen molar-refractivity contribution in [2.24, 2.45) is 7.05 Å². The first kappa shape index (κ1) is 7.66. The van der Waals surface area contributed by atoms with Gasteiger partial charge in [-0.25, -0.2) is 9.97 Å². The lowest BCUT2D eigenvalue weighted by Gasteiger charge is -1.93. The Bertz CT molecular complexity index is 420. The molecule has 2 rings (SSSR count). The van der Waals surface area contributed by atoms with Crippen LogP contribution in [-0.2, 0) is 7.05 Å². The minimum atomic E-state index is 0.427. The molecule has 0 fully saturated rings. The standard InChI is InChI=1S/C7H8N6/c1-13-4-5(11-12-13)7-9-3-2-6(8)10-7/h2-4H,1H3,(H2,8,9,10). The fraction of sp³-hybridized carbons (Fsp3) is 0.143. The van der Waals surface area contributed by atoms with Crippen LogP contribution < -0.4 is 5.73 Å². The molecule has 0 saturated heterocycles. The van der Waals surface area contributed by atoms with Gasteiger partial charge in [0.2, 0.25) is 0 Å². The van der Waals surface area contributed by atoms with E-state index in [1.165, 1.54) is 0 Å². The number of hydrogen-bond donors (Lipinski definition) is 1. The summed E-state index contributed by atoms with van der Waals surface area (Å²) in [4.78, 5) is 8.02. The zero-order valence-corrected chi connectivity index (χ0v) is 7.05. The number of nitrogens with two attached hydrogens (primary N) is 1. The number of rotatable bonds is 1. The maximum atomic E-state index is 5.50. The maximum absolute atomic E-state index is 5.50. The van der Waals surface area contributed by atoms with E-state index in [9.17, 15) is 0 Å². The molecular weight excluding hydrogens is 168 g/mol. The third kappa shape index (κ3) is 1.46. The molecule has 0 saturated carbocycles. The van der Waals surface area contributed by atoms with Crippen molar-refractivity contribution in [3.8, 4) is 11.5 Å². The molecule has 6 nitrogen and oxygen atoms in total. The molecule has 0 bridgehead atoms. The molecule has 0 aliphatic carbocycles. The Labute approximate surface area is 74.4 Å². The third-order valence-corrected chi connectivity index (χ3v) is 1.51. The Morgan fingerprint density at radius 1 is 1.46 bits per heavy atom. The van der Waals surface area contributed by atoms with E-state index in [1.54, 1.807) is 30.2 Å². The molecule has 0 aliphatic rings. The first-order chi connectivity index (χ1) is 6.25. The van der Waals surface area contributed by atoms with Gasteiger partial charge in [0.15, 0.2) is 5.82 Å². The number of nitrogen functional groups attached to an aromatic ring is 1. The highest BCUT2D eigenvalue weighted by Crippen LogP contribution is 2.09. The van der Waals surface area contributed by atoms with Gasteiger partial charge in [0, 0.05) is 13.2 Å². The molecule has 66 valence electrons. The van der Waals surface area contributed by atoms with Crippen LogP contribution in [0.15, 0.2) is 18.5 Å². The van der Waals surface area contributed by atoms with E-state index in [4.69, 9.17) is 5.73 Å². The zero-order chi connectivity index (χ0) is 9.26. The molecule has 2 heterocycles. The average Bonchev–Trinajstić information content (AvgIpc) is 2.52. The molecule has 13 heavy (non-hydrogen) atoms. The van der Waals surface area contributed by atoms with Gasteiger partial charge in [-0.1, -0.05) is 5.21 Å². The van der Waals surface area contributed by atoms with Crippen LogP contribution >= 0.6 is 0 Å². The van der Waals surface area contributed by atoms with Crippen LogP contribution in [0.3, 0.4) is 0 Å². The Morgan fingerprint density at radius 3 is 2.92 bits per heavy atom. The van der Waals surface area contributed by atoms with E-state index in [-0.39, 0.29) is 0 Å². The summed E-state index contributed by atoms with van der Waals surface area (Å²) < 4.78 is 1.59. The highest BCUT2D eigenvalue weighted by molar-refractivity contribution is 5.48. The molecule has 0 unspecified atom stereocenters. The predicted molar refractivity (Wildman–Crippen MR) is 46.4 cm³/mol. The molecule has 6 heteroatoms. The Morgan fingerprint density at radius 2 is 2.31 bits per heavy atom. The minimum absolute atomic E-state index is 0.427. The van der Waals surface area contributed by atoms with E-state index in [1.807, 2.05) is 0 Å². The quantitative estimate of drug-likeness (QED) is 0.653. The molecule has 2 aromatic rings. The van der Waals surface area contributed by atoms with Gasteiger partial charge in [0.25, 0.3) is 0 Å². The number of aryl methyl sites for hydroxylation is 1. The second-order valence-corrected chi connectivity index (χ2v) is 2.58. The van der Waals surface area contributed by atoms with Crippen LogP contribution in [0.4, 0.5) is 5.82 Å². The van der Waals surface area contributed by atoms with Crippen LogP contribution in [0, 0.1) is 0 Å². The number of anilines is 1. The molecule has 0 atom stereocenters. The van der Waals surface area contributed by atoms with Crippen molar-refractivity contribution in [2.75, 3.05) is 5.73 Å². The molecule has 2 N–H and O–H groups in total. The van der Waals surface area contributed by atoms with E-state index >= 15 is 0 Å². The normalized spacial score (nSPS) is 10.2. The summed E-state index contributed by atoms with van der Waals surface area (Å²) in [7, 11) is 1.78. The van der Waals surface area contributed by atoms with E-state index in [2.05, 4.69) is 20.3 Å². The smallest absolute Gasteiger partial charge is 0.183 e. The van der Waals surface area contributed by atoms with Crippen LogP contribution in [0.25, 0.3) is 11.5 Å². The summed E-state index contributed by atoms with van der Waals surface area (Å²) in [5.74, 6) is 0.920. The van der Waals surface area contributed by atoms with Crippen molar-refractivity contribution < 1.29 is 0 Å². The van der Waals surface area contributed by atoms with Crippen LogP contribution in [-0.4, -0.2) is 25.0 Å². The number of hydrogen-bond acceptors (Lipinski definition) is 5. The van der Waals surface area contributed by atoms with Gasteiger partial charge < -0.3 is 5.73 Å². The lowest BCUT2D eigenvalue weighted by molar-refractivity contribution is 0.715. The monoisotopic (exact) mass is 176 g/mol. The van der Waals surface area contributed by atoms with E-state index in [0.29, 0.717) is 17.3 Å². The summed E-state index contributed by atoms with van der Waals surface area (Å²) in [5.41, 5.74) is 6.12. The van der Waals surface area contributed by atoms with Gasteiger partial charge in [0.1, 0.15) is 11.5 Å². The largest absolute Gasteiger partial charge is 0.384 e. The summed E-state index contributed by atoms with van der Waals surface area (Å²) in [5, 5.41) is 7.63. The lowest BCUT2D eigenvalue weighted by atomic mass is 10.4. The molecule has 0 amide bonds. The van der Waals surface area contributed by atoms with Gasteiger partial charge in [-0.2, -0.15) is 0 Å². The molecule has 0 spiro atoms. The number of nitrogens with zero attached hydrogens (tertiary/aromatic N) is 5. The summed E-state index contributed by atoms with van der Waals surface area (Å²) >= 11 is 0. The van der Waals surface area contributed by atoms with Gasteiger partial charge in [-0.3, -0.25) is 4.68 Å². The Hall–Kier alpha value is -1.98. The van der Waals surface area contributed by atoms with Gasteiger partial charge in [0.05, 0.1) is 6.20 Å². The molecule has 0 radical (unpaired) electrons. The fourth-order valence-corrected chi connectivity index (χ4v) is 0.946. The summed E-state index contributed by atoms with van der Waals surface area (Å²) in [6.07, 6.45) is 3.32. The second kappa shape index (κ2) is 2.81. The van der Waals surface area contributed by atoms with Crippen molar-refractivity contribution in [1.82, 2.24) is 25.0 Å².